The van der Waals surface area contributed by atoms with E-state index in [1.165, 1.54) is 6.42 Å². The number of anilines is 1. The van der Waals surface area contributed by atoms with Gasteiger partial charge in [0.25, 0.3) is 5.91 Å². The zero-order chi connectivity index (χ0) is 16.4. The monoisotopic (exact) mass is 316 g/mol. The first-order valence-corrected chi connectivity index (χ1v) is 8.86. The van der Waals surface area contributed by atoms with Gasteiger partial charge in [0.2, 0.25) is 0 Å². The summed E-state index contributed by atoms with van der Waals surface area (Å²) in [4.78, 5) is 14.8. The molecule has 2 fully saturated rings. The molecule has 2 unspecified atom stereocenters. The van der Waals surface area contributed by atoms with E-state index in [0.29, 0.717) is 25.6 Å². The predicted octanol–water partition coefficient (Wildman–Crippen LogP) is 3.27. The second-order valence-corrected chi connectivity index (χ2v) is 7.43. The van der Waals surface area contributed by atoms with Crippen molar-refractivity contribution in [2.45, 2.75) is 57.6 Å². The summed E-state index contributed by atoms with van der Waals surface area (Å²) in [5.41, 5.74) is 1.18. The van der Waals surface area contributed by atoms with Gasteiger partial charge >= 0.3 is 0 Å². The van der Waals surface area contributed by atoms with Crippen molar-refractivity contribution in [3.05, 3.63) is 29.8 Å². The Kier molecular flexibility index (Phi) is 4.62. The van der Waals surface area contributed by atoms with Crippen LogP contribution in [0.2, 0.25) is 0 Å². The Morgan fingerprint density at radius 2 is 2.17 bits per heavy atom. The van der Waals surface area contributed by atoms with E-state index in [1.807, 2.05) is 29.2 Å². The summed E-state index contributed by atoms with van der Waals surface area (Å²) in [6.45, 7) is 5.52. The molecule has 4 nitrogen and oxygen atoms in total. The van der Waals surface area contributed by atoms with E-state index >= 15 is 0 Å². The van der Waals surface area contributed by atoms with Gasteiger partial charge in [0, 0.05) is 36.3 Å². The third-order valence-corrected chi connectivity index (χ3v) is 5.28. The molecule has 2 N–H and O–H groups in total. The smallest absolute Gasteiger partial charge is 0.253 e. The lowest BCUT2D eigenvalue weighted by atomic mass is 9.71. The number of nitrogens with one attached hydrogen (secondary N) is 1. The number of piperidine rings is 1. The van der Waals surface area contributed by atoms with E-state index in [2.05, 4.69) is 19.2 Å². The van der Waals surface area contributed by atoms with Crippen molar-refractivity contribution < 1.29 is 9.90 Å². The number of carbonyl (C=O) groups excluding carboxylic acids is 1. The van der Waals surface area contributed by atoms with E-state index < -0.39 is 5.60 Å². The molecule has 1 saturated heterocycles. The van der Waals surface area contributed by atoms with Crippen LogP contribution in [0.1, 0.15) is 56.3 Å². The fourth-order valence-electron chi connectivity index (χ4n) is 4.01. The van der Waals surface area contributed by atoms with Crippen LogP contribution >= 0.6 is 0 Å². The second-order valence-electron chi connectivity index (χ2n) is 7.43. The molecule has 1 amide bonds. The molecule has 1 aromatic rings. The van der Waals surface area contributed by atoms with Gasteiger partial charge in [-0.15, -0.1) is 0 Å². The number of nitrogens with zero attached hydrogens (tertiary/aromatic N) is 1. The fourth-order valence-corrected chi connectivity index (χ4v) is 4.01. The van der Waals surface area contributed by atoms with Gasteiger partial charge in [0.15, 0.2) is 0 Å². The second kappa shape index (κ2) is 6.52. The number of aliphatic hydroxyl groups is 1. The minimum absolute atomic E-state index is 0.0880. The van der Waals surface area contributed by atoms with Crippen molar-refractivity contribution in [2.24, 2.45) is 5.92 Å². The maximum Gasteiger partial charge on any atom is 0.253 e. The Morgan fingerprint density at radius 3 is 2.96 bits per heavy atom. The molecule has 3 rings (SSSR count). The number of likely N-dealkylation sites (tertiary alicyclic amines) is 1. The van der Waals surface area contributed by atoms with Crippen molar-refractivity contribution in [3.63, 3.8) is 0 Å². The van der Waals surface area contributed by atoms with Crippen LogP contribution in [0.3, 0.4) is 0 Å². The molecule has 1 aromatic carbocycles. The summed E-state index contributed by atoms with van der Waals surface area (Å²) in [6.07, 6.45) is 4.93. The van der Waals surface area contributed by atoms with Crippen LogP contribution < -0.4 is 5.32 Å². The average Bonchev–Trinajstić information content (AvgIpc) is 2.53. The molecule has 4 heteroatoms. The van der Waals surface area contributed by atoms with Gasteiger partial charge in [-0.05, 0) is 51.3 Å². The van der Waals surface area contributed by atoms with Crippen molar-refractivity contribution in [1.82, 2.24) is 4.90 Å². The van der Waals surface area contributed by atoms with Crippen LogP contribution in [0, 0.1) is 5.92 Å². The zero-order valence-electron chi connectivity index (χ0n) is 14.2. The molecule has 2 atom stereocenters. The Bertz CT molecular complexity index is 572. The third kappa shape index (κ3) is 3.52. The van der Waals surface area contributed by atoms with Crippen LogP contribution in [0.4, 0.5) is 5.69 Å². The highest BCUT2D eigenvalue weighted by atomic mass is 16.3. The van der Waals surface area contributed by atoms with Crippen LogP contribution in [-0.4, -0.2) is 40.6 Å². The molecule has 2 aliphatic rings. The molecule has 126 valence electrons. The summed E-state index contributed by atoms with van der Waals surface area (Å²) in [6, 6.07) is 8.08. The van der Waals surface area contributed by atoms with Crippen LogP contribution in [-0.2, 0) is 0 Å². The summed E-state index contributed by atoms with van der Waals surface area (Å²) in [5, 5.41) is 14.1. The van der Waals surface area contributed by atoms with Crippen molar-refractivity contribution >= 4 is 11.6 Å². The van der Waals surface area contributed by atoms with Gasteiger partial charge in [-0.2, -0.15) is 0 Å². The molecule has 1 saturated carbocycles. The number of benzene rings is 1. The van der Waals surface area contributed by atoms with Gasteiger partial charge in [-0.3, -0.25) is 4.79 Å². The molecule has 23 heavy (non-hydrogen) atoms. The number of amides is 1. The van der Waals surface area contributed by atoms with E-state index in [1.54, 1.807) is 0 Å². The lowest BCUT2D eigenvalue weighted by Crippen LogP contribution is -2.54. The Balaban J connectivity index is 1.71. The summed E-state index contributed by atoms with van der Waals surface area (Å²) < 4.78 is 0. The SMILES string of the molecule is CC(C)Nc1cccc(C(=O)N2CCC3(O)CCCCC3C2)c1. The van der Waals surface area contributed by atoms with Gasteiger partial charge in [0.1, 0.15) is 0 Å². The molecule has 0 bridgehead atoms. The van der Waals surface area contributed by atoms with Gasteiger partial charge in [-0.25, -0.2) is 0 Å². The highest BCUT2D eigenvalue weighted by molar-refractivity contribution is 5.95. The van der Waals surface area contributed by atoms with Crippen molar-refractivity contribution in [2.75, 3.05) is 18.4 Å². The minimum Gasteiger partial charge on any atom is -0.389 e. The highest BCUT2D eigenvalue weighted by Crippen LogP contribution is 2.40. The van der Waals surface area contributed by atoms with Gasteiger partial charge in [0.05, 0.1) is 5.60 Å². The summed E-state index contributed by atoms with van der Waals surface area (Å²) >= 11 is 0. The van der Waals surface area contributed by atoms with Crippen molar-refractivity contribution in [1.29, 1.82) is 0 Å². The first-order chi connectivity index (χ1) is 11.0. The minimum atomic E-state index is -0.532. The highest BCUT2D eigenvalue weighted by Gasteiger charge is 2.43. The van der Waals surface area contributed by atoms with E-state index in [4.69, 9.17) is 0 Å². The zero-order valence-corrected chi connectivity index (χ0v) is 14.2. The average molecular weight is 316 g/mol. The number of hydrogen-bond acceptors (Lipinski definition) is 3. The van der Waals surface area contributed by atoms with Crippen LogP contribution in [0.5, 0.6) is 0 Å². The molecule has 0 aromatic heterocycles. The maximum atomic E-state index is 12.8. The third-order valence-electron chi connectivity index (χ3n) is 5.28. The first-order valence-electron chi connectivity index (χ1n) is 8.86. The Morgan fingerprint density at radius 1 is 1.35 bits per heavy atom. The first kappa shape index (κ1) is 16.3. The molecule has 0 radical (unpaired) electrons. The quantitative estimate of drug-likeness (QED) is 0.900. The topological polar surface area (TPSA) is 52.6 Å². The fraction of sp³-hybridized carbons (Fsp3) is 0.632. The summed E-state index contributed by atoms with van der Waals surface area (Å²) in [7, 11) is 0. The Labute approximate surface area is 138 Å². The number of hydrogen-bond donors (Lipinski definition) is 2. The normalized spacial score (nSPS) is 27.7. The molecular formula is C19H28N2O2. The van der Waals surface area contributed by atoms with Crippen molar-refractivity contribution in [3.8, 4) is 0 Å². The molecule has 1 aliphatic heterocycles. The molecular weight excluding hydrogens is 288 g/mol. The van der Waals surface area contributed by atoms with E-state index in [9.17, 15) is 9.90 Å². The number of carbonyl (C=O) groups is 1. The van der Waals surface area contributed by atoms with E-state index in [0.717, 1.165) is 30.5 Å². The van der Waals surface area contributed by atoms with Gasteiger partial charge < -0.3 is 15.3 Å². The largest absolute Gasteiger partial charge is 0.389 e. The lowest BCUT2D eigenvalue weighted by Gasteiger charge is -2.47. The molecule has 1 aliphatic carbocycles. The van der Waals surface area contributed by atoms with E-state index in [-0.39, 0.29) is 11.8 Å². The van der Waals surface area contributed by atoms with Crippen LogP contribution in [0.25, 0.3) is 0 Å². The summed E-state index contributed by atoms with van der Waals surface area (Å²) in [5.74, 6) is 0.330. The Hall–Kier alpha value is -1.55. The molecule has 1 heterocycles. The van der Waals surface area contributed by atoms with Crippen LogP contribution in [0.15, 0.2) is 24.3 Å². The standard InChI is InChI=1S/C19H28N2O2/c1-14(2)20-17-8-5-6-15(12-17)18(22)21-11-10-19(23)9-4-3-7-16(19)13-21/h5-6,8,12,14,16,20,23H,3-4,7,9-11,13H2,1-2H3. The number of fused-ring (bicyclic) bond motifs is 1. The van der Waals surface area contributed by atoms with Gasteiger partial charge in [-0.1, -0.05) is 18.9 Å². The molecule has 0 spiro atoms. The lowest BCUT2D eigenvalue weighted by molar-refractivity contribution is -0.0886. The predicted molar refractivity (Wildman–Crippen MR) is 92.6 cm³/mol. The maximum absolute atomic E-state index is 12.8. The number of rotatable bonds is 3.